The van der Waals surface area contributed by atoms with Crippen LogP contribution >= 0.6 is 35.0 Å². The van der Waals surface area contributed by atoms with E-state index in [0.717, 1.165) is 17.3 Å². The maximum Gasteiger partial charge on any atom is 0.279 e. The first kappa shape index (κ1) is 16.8. The predicted octanol–water partition coefficient (Wildman–Crippen LogP) is 4.39. The van der Waals surface area contributed by atoms with Crippen molar-refractivity contribution in [3.63, 3.8) is 0 Å². The van der Waals surface area contributed by atoms with Crippen molar-refractivity contribution in [2.75, 3.05) is 0 Å². The van der Waals surface area contributed by atoms with Crippen LogP contribution in [0.5, 0.6) is 0 Å². The highest BCUT2D eigenvalue weighted by Gasteiger charge is 2.24. The molecule has 7 heteroatoms. The average molecular weight is 377 g/mol. The predicted molar refractivity (Wildman–Crippen MR) is 98.4 cm³/mol. The highest BCUT2D eigenvalue weighted by molar-refractivity contribution is 8.18. The summed E-state index contributed by atoms with van der Waals surface area (Å²) in [5, 5.41) is 3.44. The molecule has 4 nitrogen and oxygen atoms in total. The maximum absolute atomic E-state index is 12.2. The zero-order chi connectivity index (χ0) is 17.1. The van der Waals surface area contributed by atoms with Gasteiger partial charge < -0.3 is 5.32 Å². The molecule has 1 N–H and O–H groups in total. The van der Waals surface area contributed by atoms with Crippen molar-refractivity contribution in [3.8, 4) is 0 Å². The van der Waals surface area contributed by atoms with E-state index in [1.807, 2.05) is 30.3 Å². The number of hydrogen-bond acceptors (Lipinski definition) is 3. The molecule has 0 bridgehead atoms. The number of thioether (sulfide) groups is 1. The van der Waals surface area contributed by atoms with Crippen molar-refractivity contribution < 1.29 is 9.59 Å². The van der Waals surface area contributed by atoms with Crippen LogP contribution in [0.1, 0.15) is 15.9 Å². The van der Waals surface area contributed by atoms with Crippen LogP contribution in [-0.4, -0.2) is 17.0 Å². The lowest BCUT2D eigenvalue weighted by Crippen LogP contribution is -2.20. The van der Waals surface area contributed by atoms with Crippen LogP contribution in [0.4, 0.5) is 0 Å². The number of aliphatic imine (C=N–C) groups is 1. The van der Waals surface area contributed by atoms with Gasteiger partial charge in [-0.15, -0.1) is 0 Å². The Morgan fingerprint density at radius 2 is 1.83 bits per heavy atom. The third kappa shape index (κ3) is 3.87. The van der Waals surface area contributed by atoms with Crippen LogP contribution in [0.3, 0.4) is 0 Å². The molecule has 0 aliphatic carbocycles. The van der Waals surface area contributed by atoms with Gasteiger partial charge in [-0.2, -0.15) is 4.99 Å². The number of nitrogens with zero attached hydrogens (tertiary/aromatic N) is 1. The van der Waals surface area contributed by atoms with Crippen LogP contribution in [0.2, 0.25) is 10.0 Å². The molecule has 1 fully saturated rings. The van der Waals surface area contributed by atoms with Crippen molar-refractivity contribution in [1.82, 2.24) is 5.32 Å². The molecule has 0 unspecified atom stereocenters. The molecule has 0 atom stereocenters. The Hall–Kier alpha value is -2.08. The topological polar surface area (TPSA) is 58.5 Å². The standard InChI is InChI=1S/C17H10Cl2N2O2S/c18-12-7-6-11(9-13(12)19)15(22)20-17-21-16(23)14(24-17)8-10-4-2-1-3-5-10/h1-9H,(H,20,21,22,23)/b14-8+. The largest absolute Gasteiger partial charge is 0.300 e. The molecule has 1 aliphatic rings. The third-order valence-electron chi connectivity index (χ3n) is 3.12. The molecule has 3 rings (SSSR count). The van der Waals surface area contributed by atoms with E-state index in [-0.39, 0.29) is 16.1 Å². The monoisotopic (exact) mass is 376 g/mol. The number of halogens is 2. The van der Waals surface area contributed by atoms with Gasteiger partial charge in [-0.25, -0.2) is 0 Å². The maximum atomic E-state index is 12.2. The summed E-state index contributed by atoms with van der Waals surface area (Å²) < 4.78 is 0. The van der Waals surface area contributed by atoms with Crippen molar-refractivity contribution in [2.24, 2.45) is 4.99 Å². The van der Waals surface area contributed by atoms with Gasteiger partial charge in [-0.05, 0) is 41.6 Å². The van der Waals surface area contributed by atoms with Crippen molar-refractivity contribution in [1.29, 1.82) is 0 Å². The summed E-state index contributed by atoms with van der Waals surface area (Å²) in [6.45, 7) is 0. The molecular formula is C17H10Cl2N2O2S. The van der Waals surface area contributed by atoms with Crippen molar-refractivity contribution in [2.45, 2.75) is 0 Å². The smallest absolute Gasteiger partial charge is 0.279 e. The molecule has 1 saturated heterocycles. The number of carbonyl (C=O) groups is 2. The minimum Gasteiger partial charge on any atom is -0.300 e. The van der Waals surface area contributed by atoms with Gasteiger partial charge in [0, 0.05) is 5.56 Å². The lowest BCUT2D eigenvalue weighted by Gasteiger charge is -1.99. The van der Waals surface area contributed by atoms with Gasteiger partial charge in [0.05, 0.1) is 15.0 Å². The molecule has 0 radical (unpaired) electrons. The first-order valence-corrected chi connectivity index (χ1v) is 8.44. The second-order valence-corrected chi connectivity index (χ2v) is 6.67. The number of carbonyl (C=O) groups excluding carboxylic acids is 2. The number of benzene rings is 2. The minimum atomic E-state index is -0.502. The number of rotatable bonds is 2. The molecule has 1 heterocycles. The Balaban J connectivity index is 1.80. The molecule has 2 amide bonds. The van der Waals surface area contributed by atoms with Crippen molar-refractivity contribution in [3.05, 3.63) is 74.6 Å². The summed E-state index contributed by atoms with van der Waals surface area (Å²) in [6.07, 6.45) is 1.74. The molecule has 0 aromatic heterocycles. The third-order valence-corrected chi connectivity index (χ3v) is 4.77. The Labute approximate surface area is 152 Å². The number of amidine groups is 1. The molecule has 0 spiro atoms. The zero-order valence-electron chi connectivity index (χ0n) is 12.1. The van der Waals surface area contributed by atoms with Crippen LogP contribution in [0.25, 0.3) is 6.08 Å². The number of hydrogen-bond donors (Lipinski definition) is 1. The van der Waals surface area contributed by atoms with E-state index in [2.05, 4.69) is 10.3 Å². The van der Waals surface area contributed by atoms with E-state index < -0.39 is 5.91 Å². The molecule has 24 heavy (non-hydrogen) atoms. The summed E-state index contributed by atoms with van der Waals surface area (Å²) in [6, 6.07) is 13.9. The van der Waals surface area contributed by atoms with Crippen LogP contribution in [0.15, 0.2) is 58.4 Å². The van der Waals surface area contributed by atoms with Gasteiger partial charge >= 0.3 is 0 Å². The van der Waals surface area contributed by atoms with E-state index in [1.54, 1.807) is 6.08 Å². The van der Waals surface area contributed by atoms with E-state index in [0.29, 0.717) is 15.5 Å². The Morgan fingerprint density at radius 3 is 2.54 bits per heavy atom. The SMILES string of the molecule is O=C1NC(=NC(=O)c2ccc(Cl)c(Cl)c2)S/C1=C/c1ccccc1. The second-order valence-electron chi connectivity index (χ2n) is 4.83. The highest BCUT2D eigenvalue weighted by Crippen LogP contribution is 2.27. The van der Waals surface area contributed by atoms with Crippen LogP contribution in [-0.2, 0) is 4.79 Å². The highest BCUT2D eigenvalue weighted by atomic mass is 35.5. The molecular weight excluding hydrogens is 367 g/mol. The summed E-state index contributed by atoms with van der Waals surface area (Å²) >= 11 is 12.8. The Morgan fingerprint density at radius 1 is 1.08 bits per heavy atom. The Bertz CT molecular complexity index is 879. The molecule has 1 aliphatic heterocycles. The summed E-state index contributed by atoms with van der Waals surface area (Å²) in [5.41, 5.74) is 1.19. The average Bonchev–Trinajstić information content (AvgIpc) is 2.90. The number of amides is 2. The van der Waals surface area contributed by atoms with Gasteiger partial charge in [-0.3, -0.25) is 9.59 Å². The van der Waals surface area contributed by atoms with E-state index >= 15 is 0 Å². The summed E-state index contributed by atoms with van der Waals surface area (Å²) in [5.74, 6) is -0.790. The molecule has 120 valence electrons. The first-order chi connectivity index (χ1) is 11.5. The molecule has 2 aromatic rings. The quantitative estimate of drug-likeness (QED) is 0.790. The Kier molecular flexibility index (Phi) is 5.04. The van der Waals surface area contributed by atoms with Gasteiger partial charge in [0.2, 0.25) is 0 Å². The van der Waals surface area contributed by atoms with E-state index in [4.69, 9.17) is 23.2 Å². The number of nitrogens with one attached hydrogen (secondary N) is 1. The summed E-state index contributed by atoms with van der Waals surface area (Å²) in [4.78, 5) is 28.5. The second kappa shape index (κ2) is 7.21. The fourth-order valence-corrected chi connectivity index (χ4v) is 3.08. The molecule has 0 saturated carbocycles. The van der Waals surface area contributed by atoms with Crippen molar-refractivity contribution >= 4 is 58.0 Å². The van der Waals surface area contributed by atoms with E-state index in [1.165, 1.54) is 18.2 Å². The van der Waals surface area contributed by atoms with Gasteiger partial charge in [0.25, 0.3) is 11.8 Å². The van der Waals surface area contributed by atoms with Crippen LogP contribution < -0.4 is 5.32 Å². The zero-order valence-corrected chi connectivity index (χ0v) is 14.5. The lowest BCUT2D eigenvalue weighted by atomic mass is 10.2. The summed E-state index contributed by atoms with van der Waals surface area (Å²) in [7, 11) is 0. The molecule has 2 aromatic carbocycles. The minimum absolute atomic E-state index is 0.234. The van der Waals surface area contributed by atoms with E-state index in [9.17, 15) is 9.59 Å². The first-order valence-electron chi connectivity index (χ1n) is 6.87. The van der Waals surface area contributed by atoms with Gasteiger partial charge in [0.1, 0.15) is 0 Å². The lowest BCUT2D eigenvalue weighted by molar-refractivity contribution is -0.115. The fourth-order valence-electron chi connectivity index (χ4n) is 1.97. The fraction of sp³-hybridized carbons (Fsp3) is 0. The van der Waals surface area contributed by atoms with Gasteiger partial charge in [-0.1, -0.05) is 53.5 Å². The van der Waals surface area contributed by atoms with Crippen LogP contribution in [0, 0.1) is 0 Å². The normalized spacial score (nSPS) is 17.3. The van der Waals surface area contributed by atoms with Gasteiger partial charge in [0.15, 0.2) is 5.17 Å².